The molecule has 4 heteroatoms. The molecule has 4 nitrogen and oxygen atoms in total. The molecule has 0 atom stereocenters. The van der Waals surface area contributed by atoms with Crippen LogP contribution in [0.2, 0.25) is 0 Å². The van der Waals surface area contributed by atoms with Gasteiger partial charge in [-0.05, 0) is 29.5 Å². The molecule has 23 heavy (non-hydrogen) atoms. The Labute approximate surface area is 135 Å². The first-order valence-electron chi connectivity index (χ1n) is 7.35. The Morgan fingerprint density at radius 1 is 1.17 bits per heavy atom. The van der Waals surface area contributed by atoms with Crippen LogP contribution in [0.3, 0.4) is 0 Å². The maximum Gasteiger partial charge on any atom is 0.351 e. The third-order valence-electron chi connectivity index (χ3n) is 3.50. The first-order valence-corrected chi connectivity index (χ1v) is 7.35. The lowest BCUT2D eigenvalue weighted by Gasteiger charge is -2.18. The van der Waals surface area contributed by atoms with E-state index in [9.17, 15) is 14.7 Å². The SMILES string of the molecule is Cc1cc(O)c(C(=O)/C=C/c2ccc(C(C)(C)C)cc2)c(=O)o1. The number of hydrogen-bond donors (Lipinski definition) is 1. The van der Waals surface area contributed by atoms with Crippen LogP contribution in [0.5, 0.6) is 5.75 Å². The Hall–Kier alpha value is -2.62. The van der Waals surface area contributed by atoms with E-state index in [0.29, 0.717) is 0 Å². The van der Waals surface area contributed by atoms with Crippen molar-refractivity contribution in [3.05, 3.63) is 69.3 Å². The summed E-state index contributed by atoms with van der Waals surface area (Å²) in [6.07, 6.45) is 2.86. The molecule has 120 valence electrons. The van der Waals surface area contributed by atoms with E-state index in [1.807, 2.05) is 24.3 Å². The van der Waals surface area contributed by atoms with E-state index in [1.165, 1.54) is 24.6 Å². The fraction of sp³-hybridized carbons (Fsp3) is 0.263. The maximum atomic E-state index is 12.1. The van der Waals surface area contributed by atoms with E-state index < -0.39 is 11.4 Å². The maximum absolute atomic E-state index is 12.1. The number of allylic oxidation sites excluding steroid dienone is 1. The molecule has 1 aromatic carbocycles. The highest BCUT2D eigenvalue weighted by Gasteiger charge is 2.16. The van der Waals surface area contributed by atoms with Gasteiger partial charge >= 0.3 is 5.63 Å². The van der Waals surface area contributed by atoms with Crippen molar-refractivity contribution < 1.29 is 14.3 Å². The van der Waals surface area contributed by atoms with Gasteiger partial charge in [0.15, 0.2) is 5.78 Å². The summed E-state index contributed by atoms with van der Waals surface area (Å²) >= 11 is 0. The van der Waals surface area contributed by atoms with Crippen LogP contribution in [0.15, 0.2) is 45.6 Å². The van der Waals surface area contributed by atoms with Gasteiger partial charge in [-0.15, -0.1) is 0 Å². The van der Waals surface area contributed by atoms with Gasteiger partial charge in [-0.1, -0.05) is 51.1 Å². The molecule has 0 saturated carbocycles. The minimum absolute atomic E-state index is 0.0602. The van der Waals surface area contributed by atoms with Crippen molar-refractivity contribution in [2.45, 2.75) is 33.1 Å². The van der Waals surface area contributed by atoms with E-state index in [-0.39, 0.29) is 22.5 Å². The highest BCUT2D eigenvalue weighted by atomic mass is 16.4. The van der Waals surface area contributed by atoms with E-state index in [4.69, 9.17) is 4.42 Å². The molecule has 0 unspecified atom stereocenters. The molecule has 0 radical (unpaired) electrons. The number of hydrogen-bond acceptors (Lipinski definition) is 4. The summed E-state index contributed by atoms with van der Waals surface area (Å²) in [4.78, 5) is 23.8. The van der Waals surface area contributed by atoms with Crippen molar-refractivity contribution in [1.29, 1.82) is 0 Å². The first-order chi connectivity index (χ1) is 10.7. The highest BCUT2D eigenvalue weighted by Crippen LogP contribution is 2.22. The second-order valence-electron chi connectivity index (χ2n) is 6.47. The van der Waals surface area contributed by atoms with Gasteiger partial charge in [0.2, 0.25) is 0 Å². The molecular weight excluding hydrogens is 292 g/mol. The number of aromatic hydroxyl groups is 1. The topological polar surface area (TPSA) is 67.5 Å². The Morgan fingerprint density at radius 2 is 1.78 bits per heavy atom. The minimum Gasteiger partial charge on any atom is -0.507 e. The molecule has 0 bridgehead atoms. The predicted molar refractivity (Wildman–Crippen MR) is 89.9 cm³/mol. The zero-order chi connectivity index (χ0) is 17.2. The number of benzene rings is 1. The smallest absolute Gasteiger partial charge is 0.351 e. The number of carbonyl (C=O) groups is 1. The molecule has 0 amide bonds. The summed E-state index contributed by atoms with van der Waals surface area (Å²) in [6, 6.07) is 9.06. The largest absolute Gasteiger partial charge is 0.507 e. The molecule has 2 rings (SSSR count). The molecule has 0 aliphatic carbocycles. The first kappa shape index (κ1) is 16.7. The average molecular weight is 312 g/mol. The summed E-state index contributed by atoms with van der Waals surface area (Å²) in [5.74, 6) is -0.696. The van der Waals surface area contributed by atoms with Crippen LogP contribution < -0.4 is 5.63 Å². The number of carbonyl (C=O) groups excluding carboxylic acids is 1. The van der Waals surface area contributed by atoms with Crippen LogP contribution in [-0.4, -0.2) is 10.9 Å². The van der Waals surface area contributed by atoms with Crippen LogP contribution in [-0.2, 0) is 5.41 Å². The zero-order valence-corrected chi connectivity index (χ0v) is 13.7. The summed E-state index contributed by atoms with van der Waals surface area (Å²) in [5.41, 5.74) is 0.906. The average Bonchev–Trinajstić information content (AvgIpc) is 2.43. The fourth-order valence-electron chi connectivity index (χ4n) is 2.17. The standard InChI is InChI=1S/C19H20O4/c1-12-11-16(21)17(18(22)23-12)15(20)10-7-13-5-8-14(9-6-13)19(2,3)4/h5-11,21H,1-4H3/b10-7+. The van der Waals surface area contributed by atoms with E-state index in [2.05, 4.69) is 20.8 Å². The lowest BCUT2D eigenvalue weighted by molar-refractivity contribution is 0.104. The monoisotopic (exact) mass is 312 g/mol. The lowest BCUT2D eigenvalue weighted by atomic mass is 9.87. The van der Waals surface area contributed by atoms with Crippen molar-refractivity contribution >= 4 is 11.9 Å². The summed E-state index contributed by atoms with van der Waals surface area (Å²) in [7, 11) is 0. The van der Waals surface area contributed by atoms with Crippen LogP contribution >= 0.6 is 0 Å². The molecule has 0 aliphatic rings. The van der Waals surface area contributed by atoms with Gasteiger partial charge in [-0.25, -0.2) is 4.79 Å². The molecule has 1 N–H and O–H groups in total. The Morgan fingerprint density at radius 3 is 2.30 bits per heavy atom. The van der Waals surface area contributed by atoms with Crippen molar-refractivity contribution in [1.82, 2.24) is 0 Å². The quantitative estimate of drug-likeness (QED) is 0.690. The number of ketones is 1. The summed E-state index contributed by atoms with van der Waals surface area (Å²) in [5, 5.41) is 9.75. The van der Waals surface area contributed by atoms with Crippen molar-refractivity contribution in [2.75, 3.05) is 0 Å². The van der Waals surface area contributed by atoms with Crippen LogP contribution in [0.1, 0.15) is 48.0 Å². The lowest BCUT2D eigenvalue weighted by Crippen LogP contribution is -2.13. The molecular formula is C19H20O4. The fourth-order valence-corrected chi connectivity index (χ4v) is 2.17. The molecule has 0 saturated heterocycles. The Balaban J connectivity index is 2.24. The van der Waals surface area contributed by atoms with Crippen LogP contribution in [0, 0.1) is 6.92 Å². The van der Waals surface area contributed by atoms with Gasteiger partial charge < -0.3 is 9.52 Å². The summed E-state index contributed by atoms with van der Waals surface area (Å²) in [6.45, 7) is 7.91. The number of aryl methyl sites for hydroxylation is 1. The van der Waals surface area contributed by atoms with Gasteiger partial charge in [0, 0.05) is 6.07 Å². The third-order valence-corrected chi connectivity index (χ3v) is 3.50. The van der Waals surface area contributed by atoms with Gasteiger partial charge in [-0.2, -0.15) is 0 Å². The minimum atomic E-state index is -0.833. The van der Waals surface area contributed by atoms with Crippen LogP contribution in [0.25, 0.3) is 6.08 Å². The zero-order valence-electron chi connectivity index (χ0n) is 13.7. The van der Waals surface area contributed by atoms with Crippen molar-refractivity contribution in [3.8, 4) is 5.75 Å². The third kappa shape index (κ3) is 3.97. The van der Waals surface area contributed by atoms with Crippen LogP contribution in [0.4, 0.5) is 0 Å². The van der Waals surface area contributed by atoms with Gasteiger partial charge in [0.05, 0.1) is 0 Å². The normalized spacial score (nSPS) is 11.8. The molecule has 1 heterocycles. The second-order valence-corrected chi connectivity index (χ2v) is 6.47. The van der Waals surface area contributed by atoms with E-state index in [0.717, 1.165) is 5.56 Å². The van der Waals surface area contributed by atoms with Crippen molar-refractivity contribution in [3.63, 3.8) is 0 Å². The predicted octanol–water partition coefficient (Wildman–Crippen LogP) is 3.85. The molecule has 0 spiro atoms. The second kappa shape index (κ2) is 6.24. The molecule has 2 aromatic rings. The van der Waals surface area contributed by atoms with E-state index >= 15 is 0 Å². The van der Waals surface area contributed by atoms with Gasteiger partial charge in [-0.3, -0.25) is 4.79 Å². The van der Waals surface area contributed by atoms with Crippen molar-refractivity contribution in [2.24, 2.45) is 0 Å². The Kier molecular flexibility index (Phi) is 4.55. The molecule has 0 aliphatic heterocycles. The number of rotatable bonds is 3. The Bertz CT molecular complexity index is 803. The van der Waals surface area contributed by atoms with E-state index in [1.54, 1.807) is 6.08 Å². The molecule has 1 aromatic heterocycles. The van der Waals surface area contributed by atoms with Gasteiger partial charge in [0.25, 0.3) is 0 Å². The molecule has 0 fully saturated rings. The van der Waals surface area contributed by atoms with Gasteiger partial charge in [0.1, 0.15) is 17.1 Å². The highest BCUT2D eigenvalue weighted by molar-refractivity contribution is 6.08. The summed E-state index contributed by atoms with van der Waals surface area (Å²) < 4.78 is 4.85.